The van der Waals surface area contributed by atoms with Gasteiger partial charge in [0.15, 0.2) is 0 Å². The van der Waals surface area contributed by atoms with Crippen LogP contribution in [0.1, 0.15) is 65.7 Å². The van der Waals surface area contributed by atoms with Crippen molar-refractivity contribution in [1.29, 1.82) is 0 Å². The Morgan fingerprint density at radius 2 is 1.94 bits per heavy atom. The highest BCUT2D eigenvalue weighted by Gasteiger charge is 2.10. The Morgan fingerprint density at radius 1 is 1.25 bits per heavy atom. The first-order chi connectivity index (χ1) is 7.70. The van der Waals surface area contributed by atoms with Gasteiger partial charge in [-0.05, 0) is 39.0 Å². The molecule has 0 aliphatic rings. The van der Waals surface area contributed by atoms with Gasteiger partial charge in [-0.2, -0.15) is 0 Å². The molecule has 0 saturated carbocycles. The number of hydrogen-bond donors (Lipinski definition) is 0. The van der Waals surface area contributed by atoms with Gasteiger partial charge in [-0.15, -0.1) is 0 Å². The van der Waals surface area contributed by atoms with Gasteiger partial charge in [-0.1, -0.05) is 31.9 Å². The van der Waals surface area contributed by atoms with Crippen LogP contribution in [0.15, 0.2) is 12.2 Å². The summed E-state index contributed by atoms with van der Waals surface area (Å²) in [5.41, 5.74) is 0. The molecule has 0 spiro atoms. The van der Waals surface area contributed by atoms with Crippen molar-refractivity contribution in [3.05, 3.63) is 12.2 Å². The van der Waals surface area contributed by atoms with Crippen molar-refractivity contribution in [2.45, 2.75) is 71.8 Å². The van der Waals surface area contributed by atoms with Gasteiger partial charge in [0, 0.05) is 6.92 Å². The monoisotopic (exact) mass is 226 g/mol. The van der Waals surface area contributed by atoms with E-state index in [0.29, 0.717) is 0 Å². The number of carbonyl (C=O) groups is 1. The first kappa shape index (κ1) is 15.2. The highest BCUT2D eigenvalue weighted by molar-refractivity contribution is 5.66. The molecule has 0 saturated heterocycles. The minimum Gasteiger partial charge on any atom is -0.463 e. The van der Waals surface area contributed by atoms with Gasteiger partial charge in [-0.25, -0.2) is 0 Å². The molecule has 0 aromatic carbocycles. The maximum atomic E-state index is 10.9. The summed E-state index contributed by atoms with van der Waals surface area (Å²) in [7, 11) is 0. The lowest BCUT2D eigenvalue weighted by Gasteiger charge is -2.16. The van der Waals surface area contributed by atoms with Crippen LogP contribution < -0.4 is 0 Å². The van der Waals surface area contributed by atoms with E-state index < -0.39 is 0 Å². The molecule has 0 aromatic rings. The third kappa shape index (κ3) is 9.75. The summed E-state index contributed by atoms with van der Waals surface area (Å²) in [5.74, 6) is -0.144. The summed E-state index contributed by atoms with van der Waals surface area (Å²) in [5, 5.41) is 0. The summed E-state index contributed by atoms with van der Waals surface area (Å²) in [6, 6.07) is 0. The summed E-state index contributed by atoms with van der Waals surface area (Å²) in [6.07, 6.45) is 12.2. The van der Waals surface area contributed by atoms with Gasteiger partial charge in [-0.3, -0.25) is 4.79 Å². The lowest BCUT2D eigenvalue weighted by Crippen LogP contribution is -2.16. The largest absolute Gasteiger partial charge is 0.463 e. The molecule has 94 valence electrons. The van der Waals surface area contributed by atoms with Gasteiger partial charge in [0.25, 0.3) is 0 Å². The molecule has 0 amide bonds. The second-order valence-electron chi connectivity index (χ2n) is 4.23. The highest BCUT2D eigenvalue weighted by atomic mass is 16.5. The zero-order chi connectivity index (χ0) is 12.2. The standard InChI is InChI=1S/C14H26O2/c1-4-6-8-9-10-12-14(11-7-5-2)16-13(3)15/h4,6,14H,5,7-12H2,1-3H3. The van der Waals surface area contributed by atoms with Gasteiger partial charge in [0.05, 0.1) is 0 Å². The number of carbonyl (C=O) groups excluding carboxylic acids is 1. The Morgan fingerprint density at radius 3 is 2.50 bits per heavy atom. The molecular formula is C14H26O2. The molecule has 16 heavy (non-hydrogen) atoms. The van der Waals surface area contributed by atoms with Gasteiger partial charge in [0.1, 0.15) is 6.10 Å². The molecule has 0 aliphatic heterocycles. The van der Waals surface area contributed by atoms with Crippen LogP contribution in [-0.2, 0) is 9.53 Å². The molecule has 0 bridgehead atoms. The van der Waals surface area contributed by atoms with Crippen LogP contribution in [0.3, 0.4) is 0 Å². The average Bonchev–Trinajstić information content (AvgIpc) is 2.24. The van der Waals surface area contributed by atoms with Crippen molar-refractivity contribution in [2.24, 2.45) is 0 Å². The Labute approximate surface area is 100 Å². The number of ether oxygens (including phenoxy) is 1. The number of rotatable bonds is 9. The number of allylic oxidation sites excluding steroid dienone is 2. The maximum Gasteiger partial charge on any atom is 0.302 e. The van der Waals surface area contributed by atoms with Gasteiger partial charge in [0.2, 0.25) is 0 Å². The molecular weight excluding hydrogens is 200 g/mol. The Kier molecular flexibility index (Phi) is 10.2. The predicted octanol–water partition coefficient (Wildman–Crippen LogP) is 4.24. The Balaban J connectivity index is 3.68. The molecule has 1 unspecified atom stereocenters. The predicted molar refractivity (Wildman–Crippen MR) is 68.4 cm³/mol. The van der Waals surface area contributed by atoms with E-state index in [9.17, 15) is 4.79 Å². The van der Waals surface area contributed by atoms with Gasteiger partial charge < -0.3 is 4.74 Å². The van der Waals surface area contributed by atoms with Crippen molar-refractivity contribution in [3.8, 4) is 0 Å². The van der Waals surface area contributed by atoms with Crippen LogP contribution in [-0.4, -0.2) is 12.1 Å². The fourth-order valence-corrected chi connectivity index (χ4v) is 1.73. The maximum absolute atomic E-state index is 10.9. The SMILES string of the molecule is CC=CCCCCC(CCCC)OC(C)=O. The van der Waals surface area contributed by atoms with E-state index in [0.717, 1.165) is 38.5 Å². The first-order valence-corrected chi connectivity index (χ1v) is 6.49. The van der Waals surface area contributed by atoms with E-state index in [2.05, 4.69) is 19.1 Å². The van der Waals surface area contributed by atoms with E-state index >= 15 is 0 Å². The molecule has 2 nitrogen and oxygen atoms in total. The Hall–Kier alpha value is -0.790. The van der Waals surface area contributed by atoms with E-state index in [-0.39, 0.29) is 12.1 Å². The lowest BCUT2D eigenvalue weighted by molar-refractivity contribution is -0.147. The van der Waals surface area contributed by atoms with Crippen LogP contribution in [0.2, 0.25) is 0 Å². The second kappa shape index (κ2) is 10.7. The summed E-state index contributed by atoms with van der Waals surface area (Å²) in [4.78, 5) is 10.9. The van der Waals surface area contributed by atoms with Crippen molar-refractivity contribution >= 4 is 5.97 Å². The zero-order valence-corrected chi connectivity index (χ0v) is 11.0. The third-order valence-electron chi connectivity index (χ3n) is 2.59. The fraction of sp³-hybridized carbons (Fsp3) is 0.786. The molecule has 0 heterocycles. The molecule has 0 N–H and O–H groups in total. The topological polar surface area (TPSA) is 26.3 Å². The van der Waals surface area contributed by atoms with E-state index in [1.165, 1.54) is 13.3 Å². The van der Waals surface area contributed by atoms with Crippen molar-refractivity contribution in [2.75, 3.05) is 0 Å². The van der Waals surface area contributed by atoms with Crippen LogP contribution in [0.5, 0.6) is 0 Å². The van der Waals surface area contributed by atoms with Crippen molar-refractivity contribution < 1.29 is 9.53 Å². The lowest BCUT2D eigenvalue weighted by atomic mass is 10.0. The molecule has 0 aromatic heterocycles. The molecule has 1 atom stereocenters. The van der Waals surface area contributed by atoms with Crippen LogP contribution in [0, 0.1) is 0 Å². The first-order valence-electron chi connectivity index (χ1n) is 6.49. The number of hydrogen-bond acceptors (Lipinski definition) is 2. The smallest absolute Gasteiger partial charge is 0.302 e. The van der Waals surface area contributed by atoms with Gasteiger partial charge >= 0.3 is 5.97 Å². The Bertz CT molecular complexity index is 197. The molecule has 2 heteroatoms. The second-order valence-corrected chi connectivity index (χ2v) is 4.23. The molecule has 0 radical (unpaired) electrons. The van der Waals surface area contributed by atoms with E-state index in [1.807, 2.05) is 6.92 Å². The fourth-order valence-electron chi connectivity index (χ4n) is 1.73. The number of unbranched alkanes of at least 4 members (excludes halogenated alkanes) is 3. The summed E-state index contributed by atoms with van der Waals surface area (Å²) >= 11 is 0. The van der Waals surface area contributed by atoms with E-state index in [1.54, 1.807) is 0 Å². The normalized spacial score (nSPS) is 12.9. The minimum absolute atomic E-state index is 0.142. The van der Waals surface area contributed by atoms with Crippen LogP contribution >= 0.6 is 0 Å². The van der Waals surface area contributed by atoms with E-state index in [4.69, 9.17) is 4.74 Å². The number of esters is 1. The molecule has 0 fully saturated rings. The average molecular weight is 226 g/mol. The van der Waals surface area contributed by atoms with Crippen LogP contribution in [0.4, 0.5) is 0 Å². The summed E-state index contributed by atoms with van der Waals surface area (Å²) < 4.78 is 5.30. The highest BCUT2D eigenvalue weighted by Crippen LogP contribution is 2.13. The van der Waals surface area contributed by atoms with Crippen LogP contribution in [0.25, 0.3) is 0 Å². The van der Waals surface area contributed by atoms with Crippen molar-refractivity contribution in [1.82, 2.24) is 0 Å². The third-order valence-corrected chi connectivity index (χ3v) is 2.59. The molecule has 0 aliphatic carbocycles. The minimum atomic E-state index is -0.144. The van der Waals surface area contributed by atoms with Crippen molar-refractivity contribution in [3.63, 3.8) is 0 Å². The molecule has 0 rings (SSSR count). The zero-order valence-electron chi connectivity index (χ0n) is 11.0. The quantitative estimate of drug-likeness (QED) is 0.334. The summed E-state index contributed by atoms with van der Waals surface area (Å²) in [6.45, 7) is 5.71.